The van der Waals surface area contributed by atoms with Crippen molar-refractivity contribution in [1.82, 2.24) is 5.16 Å². The van der Waals surface area contributed by atoms with Crippen LogP contribution in [0.25, 0.3) is 22.2 Å². The maximum atomic E-state index is 13.8. The van der Waals surface area contributed by atoms with E-state index >= 15 is 0 Å². The third-order valence-electron chi connectivity index (χ3n) is 7.56. The molecule has 4 aromatic carbocycles. The molecular formula is C31H25FN4O3. The number of rotatable bonds is 5. The molecule has 0 bridgehead atoms. The number of benzene rings is 4. The zero-order valence-corrected chi connectivity index (χ0v) is 21.3. The zero-order chi connectivity index (χ0) is 26.5. The van der Waals surface area contributed by atoms with Gasteiger partial charge in [-0.15, -0.1) is 0 Å². The summed E-state index contributed by atoms with van der Waals surface area (Å²) >= 11 is 0. The molecule has 1 aliphatic carbocycles. The predicted molar refractivity (Wildman–Crippen MR) is 150 cm³/mol. The van der Waals surface area contributed by atoms with Crippen LogP contribution in [0.2, 0.25) is 0 Å². The smallest absolute Gasteiger partial charge is 0.196 e. The Morgan fingerprint density at radius 3 is 2.31 bits per heavy atom. The van der Waals surface area contributed by atoms with Crippen molar-refractivity contribution in [2.24, 2.45) is 0 Å². The summed E-state index contributed by atoms with van der Waals surface area (Å²) in [5.74, 6) is 1.06. The molecular weight excluding hydrogens is 495 g/mol. The molecule has 7 nitrogen and oxygen atoms in total. The lowest BCUT2D eigenvalue weighted by molar-refractivity contribution is 0.104. The van der Waals surface area contributed by atoms with Gasteiger partial charge >= 0.3 is 0 Å². The van der Waals surface area contributed by atoms with Crippen molar-refractivity contribution in [3.05, 3.63) is 95.8 Å². The van der Waals surface area contributed by atoms with Gasteiger partial charge in [0.1, 0.15) is 17.1 Å². The highest BCUT2D eigenvalue weighted by atomic mass is 19.1. The molecule has 0 amide bonds. The van der Waals surface area contributed by atoms with Crippen LogP contribution in [0.3, 0.4) is 0 Å². The maximum absolute atomic E-state index is 13.8. The molecule has 0 spiro atoms. The lowest BCUT2D eigenvalue weighted by atomic mass is 9.86. The van der Waals surface area contributed by atoms with Gasteiger partial charge in [-0.1, -0.05) is 29.4 Å². The molecule has 2 aliphatic rings. The molecule has 7 rings (SSSR count). The predicted octanol–water partition coefficient (Wildman–Crippen LogP) is 6.26. The SMILES string of the molecule is COc1ccc(Nc2cc(N3CCN(c4ccc(F)cc4)CC3)c3noc4c3c2C(=O)c2ccccc2-4)cc1. The molecule has 0 radical (unpaired) electrons. The minimum atomic E-state index is -0.240. The van der Waals surface area contributed by atoms with Crippen LogP contribution >= 0.6 is 0 Å². The Balaban J connectivity index is 1.31. The van der Waals surface area contributed by atoms with E-state index in [0.717, 1.165) is 59.9 Å². The summed E-state index contributed by atoms with van der Waals surface area (Å²) < 4.78 is 24.7. The molecule has 2 heterocycles. The van der Waals surface area contributed by atoms with Crippen molar-refractivity contribution in [2.45, 2.75) is 0 Å². The number of nitrogens with one attached hydrogen (secondary N) is 1. The van der Waals surface area contributed by atoms with Crippen molar-refractivity contribution in [2.75, 3.05) is 48.4 Å². The quantitative estimate of drug-likeness (QED) is 0.288. The van der Waals surface area contributed by atoms with Gasteiger partial charge in [0, 0.05) is 48.7 Å². The second kappa shape index (κ2) is 9.16. The fraction of sp³-hybridized carbons (Fsp3) is 0.161. The van der Waals surface area contributed by atoms with Gasteiger partial charge in [0.05, 0.1) is 29.4 Å². The Kier molecular flexibility index (Phi) is 5.47. The monoisotopic (exact) mass is 520 g/mol. The Bertz CT molecular complexity index is 1710. The van der Waals surface area contributed by atoms with E-state index in [2.05, 4.69) is 20.3 Å². The first-order valence-electron chi connectivity index (χ1n) is 12.9. The van der Waals surface area contributed by atoms with Crippen LogP contribution in [0.15, 0.2) is 83.4 Å². The Morgan fingerprint density at radius 2 is 1.59 bits per heavy atom. The molecule has 8 heteroatoms. The third kappa shape index (κ3) is 3.87. The van der Waals surface area contributed by atoms with Crippen molar-refractivity contribution >= 4 is 39.4 Å². The molecule has 194 valence electrons. The van der Waals surface area contributed by atoms with E-state index in [1.807, 2.05) is 66.7 Å². The van der Waals surface area contributed by atoms with Gasteiger partial charge in [0.2, 0.25) is 0 Å². The van der Waals surface area contributed by atoms with Gasteiger partial charge in [-0.3, -0.25) is 4.79 Å². The van der Waals surface area contributed by atoms with Crippen molar-refractivity contribution in [3.63, 3.8) is 0 Å². The van der Waals surface area contributed by atoms with Crippen LogP contribution in [-0.2, 0) is 0 Å². The topological polar surface area (TPSA) is 70.8 Å². The summed E-state index contributed by atoms with van der Waals surface area (Å²) in [6, 6.07) is 23.7. The molecule has 5 aromatic rings. The number of carbonyl (C=O) groups excluding carboxylic acids is 1. The molecule has 1 saturated heterocycles. The number of aromatic nitrogens is 1. The van der Waals surface area contributed by atoms with Gasteiger partial charge in [-0.25, -0.2) is 4.39 Å². The molecule has 0 saturated carbocycles. The van der Waals surface area contributed by atoms with Gasteiger partial charge in [0.15, 0.2) is 11.5 Å². The molecule has 1 aromatic heterocycles. The number of piperazine rings is 1. The summed E-state index contributed by atoms with van der Waals surface area (Å²) in [6.07, 6.45) is 0. The van der Waals surface area contributed by atoms with E-state index in [1.54, 1.807) is 7.11 Å². The van der Waals surface area contributed by atoms with Crippen molar-refractivity contribution < 1.29 is 18.4 Å². The zero-order valence-electron chi connectivity index (χ0n) is 21.3. The van der Waals surface area contributed by atoms with Crippen LogP contribution in [0, 0.1) is 5.82 Å². The third-order valence-corrected chi connectivity index (χ3v) is 7.56. The number of ether oxygens (including phenoxy) is 1. The van der Waals surface area contributed by atoms with Crippen LogP contribution in [0.5, 0.6) is 5.75 Å². The van der Waals surface area contributed by atoms with E-state index in [4.69, 9.17) is 9.26 Å². The summed E-state index contributed by atoms with van der Waals surface area (Å²) in [5.41, 5.74) is 6.04. The van der Waals surface area contributed by atoms with Crippen LogP contribution in [0.4, 0.5) is 27.1 Å². The number of halogens is 1. The lowest BCUT2D eigenvalue weighted by Crippen LogP contribution is -2.46. The second-order valence-electron chi connectivity index (χ2n) is 9.73. The fourth-order valence-electron chi connectivity index (χ4n) is 5.57. The lowest BCUT2D eigenvalue weighted by Gasteiger charge is -2.37. The van der Waals surface area contributed by atoms with E-state index in [0.29, 0.717) is 28.1 Å². The average Bonchev–Trinajstić information content (AvgIpc) is 3.42. The largest absolute Gasteiger partial charge is 0.497 e. The molecule has 1 aliphatic heterocycles. The average molecular weight is 521 g/mol. The van der Waals surface area contributed by atoms with Gasteiger partial charge in [-0.2, -0.15) is 0 Å². The van der Waals surface area contributed by atoms with Gasteiger partial charge in [-0.05, 0) is 54.6 Å². The highest BCUT2D eigenvalue weighted by Crippen LogP contribution is 2.46. The van der Waals surface area contributed by atoms with Crippen LogP contribution in [-0.4, -0.2) is 44.2 Å². The Labute approximate surface area is 224 Å². The van der Waals surface area contributed by atoms with E-state index in [9.17, 15) is 9.18 Å². The first kappa shape index (κ1) is 23.3. The number of fused-ring (bicyclic) bond motifs is 2. The van der Waals surface area contributed by atoms with Gasteiger partial charge < -0.3 is 24.4 Å². The number of carbonyl (C=O) groups is 1. The van der Waals surface area contributed by atoms with Crippen LogP contribution < -0.4 is 19.9 Å². The first-order chi connectivity index (χ1) is 19.1. The fourth-order valence-corrected chi connectivity index (χ4v) is 5.57. The number of ketones is 1. The van der Waals surface area contributed by atoms with Crippen molar-refractivity contribution in [1.29, 1.82) is 0 Å². The number of nitrogens with zero attached hydrogens (tertiary/aromatic N) is 3. The highest BCUT2D eigenvalue weighted by molar-refractivity contribution is 6.28. The standard InChI is InChI=1S/C31H25FN4O3/c1-38-22-12-8-20(9-13-22)33-25-18-26(36-16-14-35(15-17-36)21-10-6-19(32)7-11-21)29-28-27(25)30(37)23-4-2-3-5-24(23)31(28)39-34-29/h2-13,18,33H,14-17H2,1H3. The summed E-state index contributed by atoms with van der Waals surface area (Å²) in [5, 5.41) is 8.70. The first-order valence-corrected chi connectivity index (χ1v) is 12.9. The molecule has 0 unspecified atom stereocenters. The van der Waals surface area contributed by atoms with Crippen LogP contribution in [0.1, 0.15) is 15.9 Å². The number of anilines is 4. The minimum absolute atomic E-state index is 0.0602. The summed E-state index contributed by atoms with van der Waals surface area (Å²) in [7, 11) is 1.63. The number of hydrogen-bond acceptors (Lipinski definition) is 7. The van der Waals surface area contributed by atoms with Gasteiger partial charge in [0.25, 0.3) is 0 Å². The highest BCUT2D eigenvalue weighted by Gasteiger charge is 2.34. The number of methoxy groups -OCH3 is 1. The minimum Gasteiger partial charge on any atom is -0.497 e. The second-order valence-corrected chi connectivity index (χ2v) is 9.73. The van der Waals surface area contributed by atoms with Crippen molar-refractivity contribution in [3.8, 4) is 17.1 Å². The van der Waals surface area contributed by atoms with E-state index < -0.39 is 0 Å². The molecule has 1 N–H and O–H groups in total. The summed E-state index contributed by atoms with van der Waals surface area (Å²) in [4.78, 5) is 18.4. The van der Waals surface area contributed by atoms with E-state index in [-0.39, 0.29) is 11.6 Å². The Hall–Kier alpha value is -4.85. The van der Waals surface area contributed by atoms with E-state index in [1.165, 1.54) is 12.1 Å². The normalized spacial score (nSPS) is 14.5. The number of hydrogen-bond donors (Lipinski definition) is 1. The molecule has 1 fully saturated rings. The molecule has 39 heavy (non-hydrogen) atoms. The molecule has 0 atom stereocenters. The maximum Gasteiger partial charge on any atom is 0.196 e. The Morgan fingerprint density at radius 1 is 0.897 bits per heavy atom. The summed E-state index contributed by atoms with van der Waals surface area (Å²) in [6.45, 7) is 3.01.